The van der Waals surface area contributed by atoms with Gasteiger partial charge in [-0.25, -0.2) is 0 Å². The van der Waals surface area contributed by atoms with Crippen LogP contribution in [0.15, 0.2) is 18.2 Å². The van der Waals surface area contributed by atoms with Crippen molar-refractivity contribution in [3.63, 3.8) is 0 Å². The summed E-state index contributed by atoms with van der Waals surface area (Å²) in [5.41, 5.74) is 6.88. The van der Waals surface area contributed by atoms with Crippen LogP contribution in [0.2, 0.25) is 0 Å². The highest BCUT2D eigenvalue weighted by Gasteiger charge is 2.13. The monoisotopic (exact) mass is 251 g/mol. The summed E-state index contributed by atoms with van der Waals surface area (Å²) in [6.07, 6.45) is 2.28. The van der Waals surface area contributed by atoms with Gasteiger partial charge in [-0.15, -0.1) is 0 Å². The van der Waals surface area contributed by atoms with Crippen LogP contribution in [0.3, 0.4) is 0 Å². The number of hydrogen-bond donors (Lipinski definition) is 1. The molecule has 0 aliphatic heterocycles. The Labute approximate surface area is 108 Å². The SMILES string of the molecule is CCCC(C)N(C)Cc1ccc([N+](=O)[O-])c(N)c1. The predicted octanol–water partition coefficient (Wildman–Crippen LogP) is 2.80. The van der Waals surface area contributed by atoms with Gasteiger partial charge >= 0.3 is 0 Å². The van der Waals surface area contributed by atoms with E-state index in [-0.39, 0.29) is 11.4 Å². The van der Waals surface area contributed by atoms with Crippen LogP contribution in [0, 0.1) is 10.1 Å². The number of nitrogens with two attached hydrogens (primary N) is 1. The molecule has 0 spiro atoms. The van der Waals surface area contributed by atoms with E-state index in [2.05, 4.69) is 25.8 Å². The van der Waals surface area contributed by atoms with Crippen molar-refractivity contribution in [3.8, 4) is 0 Å². The molecule has 0 saturated heterocycles. The number of rotatable bonds is 6. The molecule has 1 unspecified atom stereocenters. The first-order valence-electron chi connectivity index (χ1n) is 6.18. The number of anilines is 1. The zero-order chi connectivity index (χ0) is 13.7. The molecule has 0 aliphatic carbocycles. The van der Waals surface area contributed by atoms with E-state index in [0.717, 1.165) is 24.9 Å². The molecule has 0 heterocycles. The molecule has 5 heteroatoms. The van der Waals surface area contributed by atoms with Gasteiger partial charge in [-0.2, -0.15) is 0 Å². The molecule has 2 N–H and O–H groups in total. The van der Waals surface area contributed by atoms with Crippen molar-refractivity contribution >= 4 is 11.4 Å². The van der Waals surface area contributed by atoms with Crippen LogP contribution in [0.1, 0.15) is 32.3 Å². The second-order valence-corrected chi connectivity index (χ2v) is 4.70. The Hall–Kier alpha value is -1.62. The van der Waals surface area contributed by atoms with Crippen molar-refractivity contribution < 1.29 is 4.92 Å². The third kappa shape index (κ3) is 3.70. The Morgan fingerprint density at radius 2 is 2.17 bits per heavy atom. The van der Waals surface area contributed by atoms with Crippen LogP contribution in [0.5, 0.6) is 0 Å². The van der Waals surface area contributed by atoms with Gasteiger partial charge in [0, 0.05) is 18.7 Å². The average Bonchev–Trinajstić information content (AvgIpc) is 2.28. The first kappa shape index (κ1) is 14.4. The normalized spacial score (nSPS) is 12.7. The molecular weight excluding hydrogens is 230 g/mol. The Balaban J connectivity index is 2.74. The average molecular weight is 251 g/mol. The van der Waals surface area contributed by atoms with Crippen LogP contribution in [-0.2, 0) is 6.54 Å². The van der Waals surface area contributed by atoms with Crippen LogP contribution in [-0.4, -0.2) is 22.9 Å². The molecule has 100 valence electrons. The van der Waals surface area contributed by atoms with E-state index in [4.69, 9.17) is 5.73 Å². The van der Waals surface area contributed by atoms with Crippen molar-refractivity contribution in [2.45, 2.75) is 39.3 Å². The fourth-order valence-corrected chi connectivity index (χ4v) is 1.95. The summed E-state index contributed by atoms with van der Waals surface area (Å²) < 4.78 is 0. The van der Waals surface area contributed by atoms with Crippen LogP contribution in [0.25, 0.3) is 0 Å². The number of nitrogen functional groups attached to an aromatic ring is 1. The van der Waals surface area contributed by atoms with Gasteiger partial charge < -0.3 is 5.73 Å². The van der Waals surface area contributed by atoms with E-state index in [1.165, 1.54) is 6.07 Å². The second-order valence-electron chi connectivity index (χ2n) is 4.70. The molecule has 0 fully saturated rings. The van der Waals surface area contributed by atoms with Gasteiger partial charge in [0.25, 0.3) is 5.69 Å². The van der Waals surface area contributed by atoms with Crippen molar-refractivity contribution in [3.05, 3.63) is 33.9 Å². The maximum Gasteiger partial charge on any atom is 0.292 e. The maximum absolute atomic E-state index is 10.7. The number of benzene rings is 1. The first-order valence-corrected chi connectivity index (χ1v) is 6.18. The van der Waals surface area contributed by atoms with Gasteiger partial charge in [0.15, 0.2) is 0 Å². The van der Waals surface area contributed by atoms with Gasteiger partial charge in [-0.1, -0.05) is 19.4 Å². The number of hydrogen-bond acceptors (Lipinski definition) is 4. The minimum absolute atomic E-state index is 0.0250. The summed E-state index contributed by atoms with van der Waals surface area (Å²) in [4.78, 5) is 12.4. The lowest BCUT2D eigenvalue weighted by atomic mass is 10.1. The Bertz CT molecular complexity index is 421. The zero-order valence-electron chi connectivity index (χ0n) is 11.2. The smallest absolute Gasteiger partial charge is 0.292 e. The molecule has 0 amide bonds. The third-order valence-electron chi connectivity index (χ3n) is 3.18. The molecular formula is C13H21N3O2. The molecule has 1 atom stereocenters. The number of nitrogens with zero attached hydrogens (tertiary/aromatic N) is 2. The minimum atomic E-state index is -0.456. The summed E-state index contributed by atoms with van der Waals surface area (Å²) in [7, 11) is 2.05. The molecule has 0 saturated carbocycles. The molecule has 0 aliphatic rings. The largest absolute Gasteiger partial charge is 0.393 e. The predicted molar refractivity (Wildman–Crippen MR) is 73.3 cm³/mol. The molecule has 1 aromatic rings. The Kier molecular flexibility index (Phi) is 5.09. The van der Waals surface area contributed by atoms with Gasteiger partial charge in [0.1, 0.15) is 5.69 Å². The van der Waals surface area contributed by atoms with Crippen LogP contribution < -0.4 is 5.73 Å². The highest BCUT2D eigenvalue weighted by molar-refractivity contribution is 5.59. The van der Waals surface area contributed by atoms with Crippen LogP contribution >= 0.6 is 0 Å². The number of nitro groups is 1. The molecule has 0 aromatic heterocycles. The fraction of sp³-hybridized carbons (Fsp3) is 0.538. The van der Waals surface area contributed by atoms with Gasteiger partial charge in [-0.05, 0) is 32.0 Å². The molecule has 5 nitrogen and oxygen atoms in total. The standard InChI is InChI=1S/C13H21N3O2/c1-4-5-10(2)15(3)9-11-6-7-13(16(17)18)12(14)8-11/h6-8,10H,4-5,9,14H2,1-3H3. The first-order chi connectivity index (χ1) is 8.45. The third-order valence-corrected chi connectivity index (χ3v) is 3.18. The maximum atomic E-state index is 10.7. The van der Waals surface area contributed by atoms with Gasteiger partial charge in [0.05, 0.1) is 4.92 Å². The highest BCUT2D eigenvalue weighted by Crippen LogP contribution is 2.23. The lowest BCUT2D eigenvalue weighted by molar-refractivity contribution is -0.383. The lowest BCUT2D eigenvalue weighted by Gasteiger charge is -2.24. The van der Waals surface area contributed by atoms with Crippen molar-refractivity contribution in [2.24, 2.45) is 0 Å². The Morgan fingerprint density at radius 1 is 1.50 bits per heavy atom. The Morgan fingerprint density at radius 3 is 2.67 bits per heavy atom. The van der Waals surface area contributed by atoms with Crippen molar-refractivity contribution in [1.29, 1.82) is 0 Å². The van der Waals surface area contributed by atoms with Crippen LogP contribution in [0.4, 0.5) is 11.4 Å². The topological polar surface area (TPSA) is 72.4 Å². The zero-order valence-corrected chi connectivity index (χ0v) is 11.2. The van der Waals surface area contributed by atoms with E-state index in [9.17, 15) is 10.1 Å². The molecule has 1 rings (SSSR count). The summed E-state index contributed by atoms with van der Waals surface area (Å²) in [6.45, 7) is 5.09. The molecule has 0 radical (unpaired) electrons. The summed E-state index contributed by atoms with van der Waals surface area (Å²) in [5.74, 6) is 0. The fourth-order valence-electron chi connectivity index (χ4n) is 1.95. The minimum Gasteiger partial charge on any atom is -0.393 e. The van der Waals surface area contributed by atoms with Crippen molar-refractivity contribution in [2.75, 3.05) is 12.8 Å². The summed E-state index contributed by atoms with van der Waals surface area (Å²) in [6, 6.07) is 5.42. The van der Waals surface area contributed by atoms with E-state index in [0.29, 0.717) is 6.04 Å². The second kappa shape index (κ2) is 6.35. The molecule has 1 aromatic carbocycles. The summed E-state index contributed by atoms with van der Waals surface area (Å²) >= 11 is 0. The van der Waals surface area contributed by atoms with E-state index in [1.54, 1.807) is 12.1 Å². The van der Waals surface area contributed by atoms with E-state index in [1.807, 2.05) is 0 Å². The molecule has 0 bridgehead atoms. The van der Waals surface area contributed by atoms with E-state index >= 15 is 0 Å². The van der Waals surface area contributed by atoms with Gasteiger partial charge in [0.2, 0.25) is 0 Å². The quantitative estimate of drug-likeness (QED) is 0.479. The van der Waals surface area contributed by atoms with Crippen molar-refractivity contribution in [1.82, 2.24) is 4.90 Å². The number of nitro benzene ring substituents is 1. The lowest BCUT2D eigenvalue weighted by Crippen LogP contribution is -2.28. The van der Waals surface area contributed by atoms with E-state index < -0.39 is 4.92 Å². The highest BCUT2D eigenvalue weighted by atomic mass is 16.6. The van der Waals surface area contributed by atoms with Gasteiger partial charge in [-0.3, -0.25) is 15.0 Å². The molecule has 18 heavy (non-hydrogen) atoms. The summed E-state index contributed by atoms with van der Waals surface area (Å²) in [5, 5.41) is 10.7.